The number of hydrogen-bond acceptors (Lipinski definition) is 6. The summed E-state index contributed by atoms with van der Waals surface area (Å²) in [5, 5.41) is 17.7. The van der Waals surface area contributed by atoms with Crippen molar-refractivity contribution in [2.45, 2.75) is 13.0 Å². The molecule has 0 aliphatic carbocycles. The molecule has 0 saturated heterocycles. The monoisotopic (exact) mass is 344 g/mol. The van der Waals surface area contributed by atoms with Gasteiger partial charge in [-0.05, 0) is 31.2 Å². The predicted molar refractivity (Wildman–Crippen MR) is 90.6 cm³/mol. The van der Waals surface area contributed by atoms with Gasteiger partial charge in [0.25, 0.3) is 0 Å². The summed E-state index contributed by atoms with van der Waals surface area (Å²) >= 11 is 1.26. The van der Waals surface area contributed by atoms with Crippen LogP contribution in [-0.2, 0) is 0 Å². The fourth-order valence-corrected chi connectivity index (χ4v) is 2.52. The fraction of sp³-hybridized carbons (Fsp3) is 0.200. The smallest absolute Gasteiger partial charge is 0.321 e. The molecule has 1 unspecified atom stereocenters. The van der Waals surface area contributed by atoms with Crippen LogP contribution in [0.3, 0.4) is 0 Å². The standard InChI is InChI=1S/C15H16N6O2S/c1-10(18-14(22)19-15-20-16-9-24-15)11-7-17-21(8-11)12-3-5-13(23-2)6-4-12/h3-10H,1-2H3,(H2,18,19,20,22). The molecule has 2 aromatic heterocycles. The lowest BCUT2D eigenvalue weighted by atomic mass is 10.2. The van der Waals surface area contributed by atoms with E-state index in [-0.39, 0.29) is 12.1 Å². The first-order chi connectivity index (χ1) is 11.7. The van der Waals surface area contributed by atoms with Crippen LogP contribution in [0.4, 0.5) is 9.93 Å². The molecular weight excluding hydrogens is 328 g/mol. The lowest BCUT2D eigenvalue weighted by Crippen LogP contribution is -2.30. The Morgan fingerprint density at radius 2 is 2.12 bits per heavy atom. The van der Waals surface area contributed by atoms with E-state index in [1.165, 1.54) is 11.3 Å². The summed E-state index contributed by atoms with van der Waals surface area (Å²) in [4.78, 5) is 11.9. The third kappa shape index (κ3) is 3.69. The molecule has 24 heavy (non-hydrogen) atoms. The molecule has 0 aliphatic rings. The summed E-state index contributed by atoms with van der Waals surface area (Å²) in [5.74, 6) is 0.787. The Bertz CT molecular complexity index is 800. The molecule has 8 nitrogen and oxygen atoms in total. The zero-order chi connectivity index (χ0) is 16.9. The van der Waals surface area contributed by atoms with Crippen LogP contribution in [0.2, 0.25) is 0 Å². The summed E-state index contributed by atoms with van der Waals surface area (Å²) in [6.45, 7) is 1.88. The molecule has 2 amide bonds. The van der Waals surface area contributed by atoms with E-state index in [4.69, 9.17) is 4.74 Å². The van der Waals surface area contributed by atoms with Crippen molar-refractivity contribution in [2.24, 2.45) is 0 Å². The number of nitrogens with one attached hydrogen (secondary N) is 2. The van der Waals surface area contributed by atoms with E-state index in [1.807, 2.05) is 37.4 Å². The highest BCUT2D eigenvalue weighted by Crippen LogP contribution is 2.17. The van der Waals surface area contributed by atoms with E-state index in [0.717, 1.165) is 17.0 Å². The van der Waals surface area contributed by atoms with Crippen LogP contribution in [-0.4, -0.2) is 33.1 Å². The van der Waals surface area contributed by atoms with E-state index in [0.29, 0.717) is 5.13 Å². The molecular formula is C15H16N6O2S. The van der Waals surface area contributed by atoms with Gasteiger partial charge in [0.05, 0.1) is 25.0 Å². The van der Waals surface area contributed by atoms with Gasteiger partial charge in [-0.15, -0.1) is 10.2 Å². The summed E-state index contributed by atoms with van der Waals surface area (Å²) in [6.07, 6.45) is 3.60. The SMILES string of the molecule is COc1ccc(-n2cc(C(C)NC(=O)Nc3nncs3)cn2)cc1. The minimum atomic E-state index is -0.337. The lowest BCUT2D eigenvalue weighted by Gasteiger charge is -2.11. The number of urea groups is 1. The Kier molecular flexibility index (Phi) is 4.71. The number of carbonyl (C=O) groups is 1. The zero-order valence-corrected chi connectivity index (χ0v) is 13.9. The molecule has 2 N–H and O–H groups in total. The third-order valence-electron chi connectivity index (χ3n) is 3.37. The summed E-state index contributed by atoms with van der Waals surface area (Å²) in [7, 11) is 1.63. The van der Waals surface area contributed by atoms with Crippen molar-refractivity contribution in [3.05, 3.63) is 47.7 Å². The maximum atomic E-state index is 11.9. The maximum absolute atomic E-state index is 11.9. The van der Waals surface area contributed by atoms with Crippen molar-refractivity contribution in [3.8, 4) is 11.4 Å². The molecule has 1 aromatic carbocycles. The molecule has 9 heteroatoms. The van der Waals surface area contributed by atoms with Gasteiger partial charge in [0.2, 0.25) is 5.13 Å². The van der Waals surface area contributed by atoms with Crippen LogP contribution >= 0.6 is 11.3 Å². The number of ether oxygens (including phenoxy) is 1. The van der Waals surface area contributed by atoms with Gasteiger partial charge in [-0.1, -0.05) is 11.3 Å². The van der Waals surface area contributed by atoms with Gasteiger partial charge in [-0.3, -0.25) is 5.32 Å². The normalized spacial score (nSPS) is 11.8. The molecule has 3 rings (SSSR count). The minimum Gasteiger partial charge on any atom is -0.497 e. The highest BCUT2D eigenvalue weighted by molar-refractivity contribution is 7.13. The zero-order valence-electron chi connectivity index (χ0n) is 13.1. The largest absolute Gasteiger partial charge is 0.497 e. The van der Waals surface area contributed by atoms with Gasteiger partial charge < -0.3 is 10.1 Å². The molecule has 124 valence electrons. The molecule has 2 heterocycles. The van der Waals surface area contributed by atoms with E-state index in [2.05, 4.69) is 25.9 Å². The van der Waals surface area contributed by atoms with Gasteiger partial charge in [-0.2, -0.15) is 5.10 Å². The predicted octanol–water partition coefficient (Wildman–Crippen LogP) is 2.62. The number of amides is 2. The molecule has 0 aliphatic heterocycles. The van der Waals surface area contributed by atoms with Gasteiger partial charge in [0, 0.05) is 11.8 Å². The first-order valence-electron chi connectivity index (χ1n) is 7.18. The Labute approximate surface area is 142 Å². The van der Waals surface area contributed by atoms with E-state index >= 15 is 0 Å². The van der Waals surface area contributed by atoms with Gasteiger partial charge in [0.1, 0.15) is 11.3 Å². The van der Waals surface area contributed by atoms with Crippen molar-refractivity contribution in [1.29, 1.82) is 0 Å². The van der Waals surface area contributed by atoms with E-state index < -0.39 is 0 Å². The van der Waals surface area contributed by atoms with Crippen molar-refractivity contribution in [3.63, 3.8) is 0 Å². The highest BCUT2D eigenvalue weighted by atomic mass is 32.1. The van der Waals surface area contributed by atoms with Crippen molar-refractivity contribution in [2.75, 3.05) is 12.4 Å². The van der Waals surface area contributed by atoms with Crippen LogP contribution in [0, 0.1) is 0 Å². The quantitative estimate of drug-likeness (QED) is 0.742. The minimum absolute atomic E-state index is 0.204. The number of benzene rings is 1. The summed E-state index contributed by atoms with van der Waals surface area (Å²) < 4.78 is 6.89. The van der Waals surface area contributed by atoms with Crippen LogP contribution in [0.25, 0.3) is 5.69 Å². The first kappa shape index (κ1) is 15.9. The average molecular weight is 344 g/mol. The first-order valence-corrected chi connectivity index (χ1v) is 8.06. The second-order valence-corrected chi connectivity index (χ2v) is 5.81. The Morgan fingerprint density at radius 3 is 2.79 bits per heavy atom. The van der Waals surface area contributed by atoms with E-state index in [1.54, 1.807) is 23.5 Å². The van der Waals surface area contributed by atoms with Crippen molar-refractivity contribution < 1.29 is 9.53 Å². The Balaban J connectivity index is 1.64. The molecule has 0 bridgehead atoms. The van der Waals surface area contributed by atoms with Crippen LogP contribution in [0.1, 0.15) is 18.5 Å². The Hall–Kier alpha value is -2.94. The van der Waals surface area contributed by atoms with Crippen molar-refractivity contribution >= 4 is 22.5 Å². The lowest BCUT2D eigenvalue weighted by molar-refractivity contribution is 0.249. The number of rotatable bonds is 5. The second-order valence-electron chi connectivity index (χ2n) is 4.98. The average Bonchev–Trinajstić information content (AvgIpc) is 3.26. The van der Waals surface area contributed by atoms with E-state index in [9.17, 15) is 4.79 Å². The number of methoxy groups -OCH3 is 1. The van der Waals surface area contributed by atoms with Gasteiger partial charge in [0.15, 0.2) is 0 Å². The summed E-state index contributed by atoms with van der Waals surface area (Å²) in [5.41, 5.74) is 3.35. The number of aromatic nitrogens is 4. The molecule has 0 radical (unpaired) electrons. The van der Waals surface area contributed by atoms with Crippen molar-refractivity contribution in [1.82, 2.24) is 25.3 Å². The number of carbonyl (C=O) groups excluding carboxylic acids is 1. The Morgan fingerprint density at radius 1 is 1.33 bits per heavy atom. The van der Waals surface area contributed by atoms with Gasteiger partial charge >= 0.3 is 6.03 Å². The number of anilines is 1. The maximum Gasteiger partial charge on any atom is 0.321 e. The topological polar surface area (TPSA) is 94.0 Å². The highest BCUT2D eigenvalue weighted by Gasteiger charge is 2.13. The fourth-order valence-electron chi connectivity index (χ4n) is 2.08. The molecule has 1 atom stereocenters. The van der Waals surface area contributed by atoms with Crippen LogP contribution in [0.15, 0.2) is 42.2 Å². The molecule has 0 fully saturated rings. The second kappa shape index (κ2) is 7.09. The van der Waals surface area contributed by atoms with Gasteiger partial charge in [-0.25, -0.2) is 9.48 Å². The molecule has 3 aromatic rings. The molecule has 0 saturated carbocycles. The van der Waals surface area contributed by atoms with Crippen LogP contribution in [0.5, 0.6) is 5.75 Å². The molecule has 0 spiro atoms. The van der Waals surface area contributed by atoms with Crippen LogP contribution < -0.4 is 15.4 Å². The number of nitrogens with zero attached hydrogens (tertiary/aromatic N) is 4. The third-order valence-corrected chi connectivity index (χ3v) is 3.97. The summed E-state index contributed by atoms with van der Waals surface area (Å²) in [6, 6.07) is 7.02. The number of hydrogen-bond donors (Lipinski definition) is 2.